The van der Waals surface area contributed by atoms with Gasteiger partial charge in [-0.3, -0.25) is 72.0 Å². The number of benzene rings is 2. The van der Waals surface area contributed by atoms with Crippen molar-refractivity contribution in [2.24, 2.45) is 11.8 Å². The predicted octanol–water partition coefficient (Wildman–Crippen LogP) is -4.52. The summed E-state index contributed by atoms with van der Waals surface area (Å²) in [5, 5.41) is 81.2. The Balaban J connectivity index is 0.0000205. The molecule has 2 heterocycles. The van der Waals surface area contributed by atoms with Crippen molar-refractivity contribution in [1.29, 1.82) is 0 Å². The molecule has 2 saturated heterocycles. The minimum Gasteiger partial charge on any atom is -0.508 e. The number of carboxylic acid groups (broad SMARTS) is 2. The van der Waals surface area contributed by atoms with Gasteiger partial charge in [-0.2, -0.15) is 0 Å². The van der Waals surface area contributed by atoms with Crippen LogP contribution >= 0.6 is 21.6 Å². The van der Waals surface area contributed by atoms with Gasteiger partial charge < -0.3 is 127 Å². The summed E-state index contributed by atoms with van der Waals surface area (Å²) in [6.07, 6.45) is -4.46. The number of rotatable bonds is 33. The predicted molar refractivity (Wildman–Crippen MR) is 391 cm³/mol. The fourth-order valence-electron chi connectivity index (χ4n) is 11.3. The van der Waals surface area contributed by atoms with Crippen LogP contribution in [0.15, 0.2) is 48.5 Å². The summed E-state index contributed by atoms with van der Waals surface area (Å²) in [6, 6.07) is -6.11. The maximum atomic E-state index is 15.1. The Morgan fingerprint density at radius 1 is 0.645 bits per heavy atom. The van der Waals surface area contributed by atoms with Gasteiger partial charge in [-0.05, 0) is 79.8 Å². The summed E-state index contributed by atoms with van der Waals surface area (Å²) < 4.78 is 4.97. The van der Waals surface area contributed by atoms with Gasteiger partial charge in [0.1, 0.15) is 71.9 Å². The molecule has 2 unspecified atom stereocenters. The van der Waals surface area contributed by atoms with Gasteiger partial charge >= 0.3 is 11.9 Å². The first-order chi connectivity index (χ1) is 51.0. The van der Waals surface area contributed by atoms with Crippen molar-refractivity contribution in [3.05, 3.63) is 73.5 Å². The Hall–Kier alpha value is -7.47. The average Bonchev–Trinajstić information content (AvgIpc) is 1.59. The van der Waals surface area contributed by atoms with Crippen molar-refractivity contribution >= 4 is 116 Å². The molecule has 2 aliphatic rings. The van der Waals surface area contributed by atoms with E-state index in [2.05, 4.69) is 77.6 Å². The molecule has 614 valence electrons. The zero-order valence-electron chi connectivity index (χ0n) is 62.0. The number of hydrogen-bond acceptors (Lipinski definition) is 23. The van der Waals surface area contributed by atoms with E-state index in [9.17, 15) is 92.7 Å². The average molecular weight is 1870 g/mol. The number of nitrogens with one attached hydrogen (secondary N) is 12. The number of aromatic hydroxyl groups is 2. The molecule has 17 N–H and O–H groups in total. The molecule has 2 aromatic rings. The van der Waals surface area contributed by atoms with Gasteiger partial charge in [0.05, 0.1) is 50.5 Å². The number of ether oxygens (including phenoxy) is 1. The summed E-state index contributed by atoms with van der Waals surface area (Å²) >= 11 is 0. The Labute approximate surface area is 709 Å². The van der Waals surface area contributed by atoms with Crippen molar-refractivity contribution in [3.63, 3.8) is 0 Å². The van der Waals surface area contributed by atoms with E-state index in [4.69, 9.17) is 4.74 Å². The minimum absolute atomic E-state index is 0. The third kappa shape index (κ3) is 35.5. The largest absolute Gasteiger partial charge is 0.508 e. The van der Waals surface area contributed by atoms with E-state index in [1.807, 2.05) is 0 Å². The molecule has 14 amide bonds. The molecule has 37 nitrogen and oxygen atoms in total. The molecular weight excluding hydrogens is 1770 g/mol. The van der Waals surface area contributed by atoms with E-state index < -0.39 is 198 Å². The topological polar surface area (TPSA) is 538 Å². The number of carbonyl (C=O) groups excluding carboxylic acids is 14. The van der Waals surface area contributed by atoms with Crippen molar-refractivity contribution in [3.8, 4) is 11.5 Å². The molecule has 110 heavy (non-hydrogen) atoms. The number of methoxy groups -OCH3 is 1. The van der Waals surface area contributed by atoms with E-state index in [1.54, 1.807) is 32.6 Å². The van der Waals surface area contributed by atoms with Crippen LogP contribution in [0.2, 0.25) is 0 Å². The van der Waals surface area contributed by atoms with Crippen LogP contribution in [0.1, 0.15) is 84.3 Å². The van der Waals surface area contributed by atoms with Gasteiger partial charge in [-0.1, -0.05) is 73.5 Å². The Morgan fingerprint density at radius 3 is 1.70 bits per heavy atom. The van der Waals surface area contributed by atoms with Crippen LogP contribution in [-0.2, 0) is 94.3 Å². The van der Waals surface area contributed by atoms with Crippen LogP contribution in [0, 0.1) is 106 Å². The zero-order valence-corrected chi connectivity index (χ0v) is 68.2. The molecule has 2 aliphatic heterocycles. The molecule has 2 fully saturated rings. The number of hydrogen-bond donors (Lipinski definition) is 17. The first kappa shape index (κ1) is 98.6. The molecule has 11 atom stereocenters. The van der Waals surface area contributed by atoms with Gasteiger partial charge in [0.15, 0.2) is 0 Å². The third-order valence-corrected chi connectivity index (χ3v) is 19.2. The van der Waals surface area contributed by atoms with E-state index in [0.29, 0.717) is 11.1 Å². The van der Waals surface area contributed by atoms with E-state index in [1.165, 1.54) is 67.6 Å². The Bertz CT molecular complexity index is 3460. The first-order valence-corrected chi connectivity index (χ1v) is 37.3. The number of aliphatic carboxylic acids is 2. The fraction of sp³-hybridized carbons (Fsp3) is 0.565. The maximum absolute atomic E-state index is 15.1. The van der Waals surface area contributed by atoms with Gasteiger partial charge in [0.2, 0.25) is 70.9 Å². The normalized spacial score (nSPS) is 20.1. The van der Waals surface area contributed by atoms with E-state index >= 15 is 9.59 Å². The second kappa shape index (κ2) is 50.5. The van der Waals surface area contributed by atoms with Crippen molar-refractivity contribution in [1.82, 2.24) is 78.5 Å². The molecule has 0 aromatic heterocycles. The number of amides is 14. The monoisotopic (exact) mass is 1870 g/mol. The van der Waals surface area contributed by atoms with Crippen LogP contribution in [-0.4, -0.2) is 286 Å². The molecule has 0 spiro atoms. The number of aliphatic hydroxyl groups is 1. The maximum Gasteiger partial charge on any atom is 0.305 e. The number of carbonyl (C=O) groups is 16. The smallest absolute Gasteiger partial charge is 0.305 e. The SMILES string of the molecule is [CH2-]C(=O)NCCN(CCNC([CH2-])=O)CC(=O)NC(CC(C)C)C(=O)N1CCC[C@H]1C(=O)N[C@H]1CSSC[C@@H](C(=O)N(C)[C@@H](CC(C)C)C(=O)N[C@@H](CC(=O)O)C(=O)NCCOC)NC(=O)[C@H](C(C)O)NC(=O)CNC(=O)[C@H](Cc2ccc(O)cc2)NC(=O)[C@H](Cc2ccc(O)cc2)NC(=O)[C@H](CC(=O)O)NC1=O.[Gd].[Gd]. The fourth-order valence-corrected chi connectivity index (χ4v) is 13.7. The van der Waals surface area contributed by atoms with Gasteiger partial charge in [0.25, 0.3) is 0 Å². The summed E-state index contributed by atoms with van der Waals surface area (Å²) in [5.41, 5.74) is 0.617. The first-order valence-electron chi connectivity index (χ1n) is 34.8. The minimum atomic E-state index is -2.08. The van der Waals surface area contributed by atoms with Crippen LogP contribution in [0.4, 0.5) is 0 Å². The number of likely N-dealkylation sites (N-methyl/N-ethyl adjacent to an activating group) is 1. The summed E-state index contributed by atoms with van der Waals surface area (Å²) in [7, 11) is 4.04. The summed E-state index contributed by atoms with van der Waals surface area (Å²) in [5.74, 6) is -18.6. The Kier molecular flexibility index (Phi) is 45.3. The number of carboxylic acids is 2. The van der Waals surface area contributed by atoms with Crippen LogP contribution in [0.3, 0.4) is 0 Å². The quantitative estimate of drug-likeness (QED) is 0.0182. The van der Waals surface area contributed by atoms with Crippen molar-refractivity contribution < 1.29 is 187 Å². The number of nitrogens with zero attached hydrogens (tertiary/aromatic N) is 3. The van der Waals surface area contributed by atoms with E-state index in [0.717, 1.165) is 33.4 Å². The van der Waals surface area contributed by atoms with Gasteiger partial charge in [-0.15, -0.1) is 0 Å². The van der Waals surface area contributed by atoms with Crippen molar-refractivity contribution in [2.45, 2.75) is 153 Å². The van der Waals surface area contributed by atoms with Crippen LogP contribution in [0.25, 0.3) is 0 Å². The molecule has 2 aromatic carbocycles. The number of aliphatic hydroxyl groups excluding tert-OH is 1. The molecule has 4 rings (SSSR count). The summed E-state index contributed by atoms with van der Waals surface area (Å²) in [6.45, 7) is 13.6. The third-order valence-electron chi connectivity index (χ3n) is 16.8. The standard InChI is InChI=1S/C69H101N15O22S2.2Gd/c1-37(2)27-50(74-56(91)34-83(24-20-70-40(6)86)25-21-71-41(7)87)69(105)84-23-10-11-53(84)65(101)79-51-35-107-108-36-52(68(104)82(8)54(28-38(3)4)66(102)78-48(31-57(92)93)60(96)72-22-26-106-9)80-67(103)59(39(5)85)81-55(90)33-73-61(97)46(29-42-12-16-44(88)17-13-42)75-62(98)47(30-43-14-18-45(89)19-15-43)76-63(99)49(32-58(94)95)77-64(51)100;;/h12-19,37-39,46-54,59,85,88-89H,6-7,10-11,20-36H2,1-5,8-9H3,(H,70,86)(H,71,87)(H,72,96)(H,73,97)(H,74,91)(H,75,98)(H,76,99)(H,77,100)(H,78,102)(H,79,101)(H,80,103)(H,81,90)(H,92,93)(H,94,95);;/q-2;;/t39?,46-,47-,48-,49-,50?,51-,52-,53-,54-,59-;;/m0../s1. The van der Waals surface area contributed by atoms with Gasteiger partial charge in [-0.25, -0.2) is 0 Å². The van der Waals surface area contributed by atoms with E-state index in [-0.39, 0.29) is 188 Å². The number of likely N-dealkylation sites (tertiary alicyclic amines) is 1. The molecule has 0 aliphatic carbocycles. The van der Waals surface area contributed by atoms with Crippen LogP contribution < -0.4 is 63.8 Å². The molecule has 0 bridgehead atoms. The van der Waals surface area contributed by atoms with Gasteiger partial charge in [0, 0.05) is 158 Å². The zero-order chi connectivity index (χ0) is 80.5. The molecule has 0 radical (unpaired) electrons. The second-order valence-electron chi connectivity index (χ2n) is 26.7. The Morgan fingerprint density at radius 2 is 1.18 bits per heavy atom. The van der Waals surface area contributed by atoms with Crippen molar-refractivity contribution in [2.75, 3.05) is 84.6 Å². The molecule has 0 saturated carbocycles. The van der Waals surface area contributed by atoms with Crippen LogP contribution in [0.5, 0.6) is 11.5 Å². The number of phenolic OH excluding ortho intramolecular Hbond substituents is 2. The molecular formula is C69H101Gd2N15O22S2-2. The second-order valence-corrected chi connectivity index (χ2v) is 29.2. The summed E-state index contributed by atoms with van der Waals surface area (Å²) in [4.78, 5) is 225. The number of phenols is 2. The molecule has 41 heteroatoms.